The van der Waals surface area contributed by atoms with Gasteiger partial charge in [-0.15, -0.1) is 0 Å². The third kappa shape index (κ3) is 1.54. The SMILES string of the molecule is C=C(C)[C@@H]1C[C@H]1c1cc(=O)n(C)c(=O)n1C. The fraction of sp³-hybridized carbons (Fsp3) is 0.500. The van der Waals surface area contributed by atoms with Gasteiger partial charge in [0.05, 0.1) is 0 Å². The molecule has 2 atom stereocenters. The first-order chi connectivity index (χ1) is 7.43. The van der Waals surface area contributed by atoms with Crippen LogP contribution in [0.4, 0.5) is 0 Å². The molecule has 1 aromatic rings. The maximum Gasteiger partial charge on any atom is 0.330 e. The van der Waals surface area contributed by atoms with E-state index in [1.165, 1.54) is 7.05 Å². The van der Waals surface area contributed by atoms with E-state index in [1.54, 1.807) is 17.7 Å². The lowest BCUT2D eigenvalue weighted by atomic mass is 10.1. The van der Waals surface area contributed by atoms with Crippen LogP contribution >= 0.6 is 0 Å². The average Bonchev–Trinajstić information content (AvgIpc) is 3.00. The highest BCUT2D eigenvalue weighted by molar-refractivity contribution is 5.25. The van der Waals surface area contributed by atoms with Crippen molar-refractivity contribution in [3.63, 3.8) is 0 Å². The largest absolute Gasteiger partial charge is 0.330 e. The molecule has 1 aromatic heterocycles. The quantitative estimate of drug-likeness (QED) is 0.691. The van der Waals surface area contributed by atoms with E-state index in [0.717, 1.165) is 22.3 Å². The highest BCUT2D eigenvalue weighted by Gasteiger charge is 2.40. The summed E-state index contributed by atoms with van der Waals surface area (Å²) in [7, 11) is 3.21. The fourth-order valence-electron chi connectivity index (χ4n) is 2.17. The molecule has 0 radical (unpaired) electrons. The second-order valence-electron chi connectivity index (χ2n) is 4.60. The van der Waals surface area contributed by atoms with Crippen LogP contribution in [0.15, 0.2) is 27.8 Å². The van der Waals surface area contributed by atoms with Gasteiger partial charge in [-0.25, -0.2) is 4.79 Å². The molecule has 0 unspecified atom stereocenters. The molecule has 16 heavy (non-hydrogen) atoms. The summed E-state index contributed by atoms with van der Waals surface area (Å²) in [5, 5.41) is 0. The Bertz CT molecular complexity index is 565. The summed E-state index contributed by atoms with van der Waals surface area (Å²) in [6.07, 6.45) is 0.996. The smallest absolute Gasteiger partial charge is 0.300 e. The van der Waals surface area contributed by atoms with Gasteiger partial charge in [-0.2, -0.15) is 0 Å². The lowest BCUT2D eigenvalue weighted by Crippen LogP contribution is -2.37. The van der Waals surface area contributed by atoms with Gasteiger partial charge in [-0.3, -0.25) is 9.36 Å². The first kappa shape index (κ1) is 10.9. The molecule has 0 N–H and O–H groups in total. The van der Waals surface area contributed by atoms with Crippen LogP contribution in [0.2, 0.25) is 0 Å². The number of aromatic nitrogens is 2. The first-order valence-corrected chi connectivity index (χ1v) is 5.36. The molecule has 0 amide bonds. The molecule has 86 valence electrons. The van der Waals surface area contributed by atoms with Crippen LogP contribution in [-0.4, -0.2) is 9.13 Å². The number of nitrogens with zero attached hydrogens (tertiary/aromatic N) is 2. The van der Waals surface area contributed by atoms with Crippen LogP contribution in [0.1, 0.15) is 25.0 Å². The van der Waals surface area contributed by atoms with E-state index < -0.39 is 0 Å². The third-order valence-electron chi connectivity index (χ3n) is 3.37. The van der Waals surface area contributed by atoms with Gasteiger partial charge in [0, 0.05) is 31.8 Å². The van der Waals surface area contributed by atoms with Crippen molar-refractivity contribution in [2.24, 2.45) is 20.0 Å². The monoisotopic (exact) mass is 220 g/mol. The Labute approximate surface area is 93.8 Å². The van der Waals surface area contributed by atoms with E-state index >= 15 is 0 Å². The maximum atomic E-state index is 11.7. The molecule has 1 aliphatic rings. The summed E-state index contributed by atoms with van der Waals surface area (Å²) in [6.45, 7) is 5.90. The Hall–Kier alpha value is -1.58. The van der Waals surface area contributed by atoms with Gasteiger partial charge in [0.15, 0.2) is 0 Å². The van der Waals surface area contributed by atoms with E-state index in [-0.39, 0.29) is 11.2 Å². The molecule has 1 fully saturated rings. The summed E-state index contributed by atoms with van der Waals surface area (Å²) in [5.74, 6) is 0.724. The zero-order valence-electron chi connectivity index (χ0n) is 9.86. The van der Waals surface area contributed by atoms with Gasteiger partial charge >= 0.3 is 5.69 Å². The lowest BCUT2D eigenvalue weighted by Gasteiger charge is -2.08. The fourth-order valence-corrected chi connectivity index (χ4v) is 2.17. The van der Waals surface area contributed by atoms with Crippen LogP contribution in [-0.2, 0) is 14.1 Å². The van der Waals surface area contributed by atoms with Crippen molar-refractivity contribution in [3.05, 3.63) is 44.8 Å². The molecule has 1 heterocycles. The van der Waals surface area contributed by atoms with Crippen LogP contribution in [0.3, 0.4) is 0 Å². The predicted molar refractivity (Wildman–Crippen MR) is 62.6 cm³/mol. The normalized spacial score (nSPS) is 23.2. The van der Waals surface area contributed by atoms with Gasteiger partial charge in [-0.05, 0) is 19.3 Å². The summed E-state index contributed by atoms with van der Waals surface area (Å²) in [6, 6.07) is 1.56. The van der Waals surface area contributed by atoms with Crippen LogP contribution in [0.5, 0.6) is 0 Å². The molecule has 4 nitrogen and oxygen atoms in total. The van der Waals surface area contributed by atoms with Crippen molar-refractivity contribution >= 4 is 0 Å². The van der Waals surface area contributed by atoms with E-state index in [2.05, 4.69) is 6.58 Å². The van der Waals surface area contributed by atoms with E-state index in [4.69, 9.17) is 0 Å². The van der Waals surface area contributed by atoms with Crippen molar-refractivity contribution in [2.45, 2.75) is 19.3 Å². The summed E-state index contributed by atoms with van der Waals surface area (Å²) >= 11 is 0. The average molecular weight is 220 g/mol. The highest BCUT2D eigenvalue weighted by atomic mass is 16.2. The second-order valence-corrected chi connectivity index (χ2v) is 4.60. The molecule has 0 aliphatic heterocycles. The summed E-state index contributed by atoms with van der Waals surface area (Å²) < 4.78 is 2.69. The molecular formula is C12H16N2O2. The molecule has 0 saturated heterocycles. The summed E-state index contributed by atoms with van der Waals surface area (Å²) in [4.78, 5) is 23.3. The number of hydrogen-bond acceptors (Lipinski definition) is 2. The molecule has 0 aromatic carbocycles. The van der Waals surface area contributed by atoms with Crippen molar-refractivity contribution in [1.82, 2.24) is 9.13 Å². The van der Waals surface area contributed by atoms with Crippen LogP contribution < -0.4 is 11.2 Å². The van der Waals surface area contributed by atoms with Crippen molar-refractivity contribution < 1.29 is 0 Å². The third-order valence-corrected chi connectivity index (χ3v) is 3.37. The minimum atomic E-state index is -0.255. The van der Waals surface area contributed by atoms with Gasteiger partial charge in [-0.1, -0.05) is 12.2 Å². The Morgan fingerprint density at radius 2 is 2.00 bits per heavy atom. The molecule has 1 aliphatic carbocycles. The Kier molecular flexibility index (Phi) is 2.37. The highest BCUT2D eigenvalue weighted by Crippen LogP contribution is 2.50. The Balaban J connectivity index is 2.49. The molecule has 4 heteroatoms. The first-order valence-electron chi connectivity index (χ1n) is 5.36. The summed E-state index contributed by atoms with van der Waals surface area (Å²) in [5.41, 5.74) is 1.47. The number of rotatable bonds is 2. The second kappa shape index (κ2) is 3.47. The minimum Gasteiger partial charge on any atom is -0.300 e. The lowest BCUT2D eigenvalue weighted by molar-refractivity contribution is 0.645. The van der Waals surface area contributed by atoms with E-state index in [1.807, 2.05) is 6.92 Å². The molecular weight excluding hydrogens is 204 g/mol. The van der Waals surface area contributed by atoms with Gasteiger partial charge in [0.2, 0.25) is 0 Å². The Morgan fingerprint density at radius 1 is 1.38 bits per heavy atom. The molecule has 1 saturated carbocycles. The molecule has 0 spiro atoms. The van der Waals surface area contributed by atoms with Crippen LogP contribution in [0, 0.1) is 5.92 Å². The van der Waals surface area contributed by atoms with E-state index in [9.17, 15) is 9.59 Å². The maximum absolute atomic E-state index is 11.7. The van der Waals surface area contributed by atoms with Gasteiger partial charge < -0.3 is 4.57 Å². The van der Waals surface area contributed by atoms with Gasteiger partial charge in [0.25, 0.3) is 5.56 Å². The number of hydrogen-bond donors (Lipinski definition) is 0. The predicted octanol–water partition coefficient (Wildman–Crippen LogP) is 0.764. The molecule has 2 rings (SSSR count). The topological polar surface area (TPSA) is 44.0 Å². The zero-order chi connectivity index (χ0) is 12.0. The van der Waals surface area contributed by atoms with Gasteiger partial charge in [0.1, 0.15) is 0 Å². The Morgan fingerprint density at radius 3 is 2.50 bits per heavy atom. The zero-order valence-corrected chi connectivity index (χ0v) is 9.86. The standard InChI is InChI=1S/C12H16N2O2/c1-7(2)8-5-9(8)10-6-11(15)14(4)12(16)13(10)3/h6,8-9H,1,5H2,2-4H3/t8-,9+/m0/s1. The number of allylic oxidation sites excluding steroid dienone is 1. The van der Waals surface area contributed by atoms with Crippen molar-refractivity contribution in [1.29, 1.82) is 0 Å². The minimum absolute atomic E-state index is 0.231. The van der Waals surface area contributed by atoms with Crippen LogP contribution in [0.25, 0.3) is 0 Å². The van der Waals surface area contributed by atoms with E-state index in [0.29, 0.717) is 11.8 Å². The van der Waals surface area contributed by atoms with Crippen molar-refractivity contribution in [3.8, 4) is 0 Å². The van der Waals surface area contributed by atoms with Crippen molar-refractivity contribution in [2.75, 3.05) is 0 Å². The molecule has 0 bridgehead atoms.